The summed E-state index contributed by atoms with van der Waals surface area (Å²) in [6.07, 6.45) is 11.2. The van der Waals surface area contributed by atoms with E-state index in [1.165, 1.54) is 50.5 Å². The second-order valence-corrected chi connectivity index (χ2v) is 4.58. The van der Waals surface area contributed by atoms with Gasteiger partial charge in [-0.3, -0.25) is 0 Å². The summed E-state index contributed by atoms with van der Waals surface area (Å²) in [5.74, 6) is 0.631. The summed E-state index contributed by atoms with van der Waals surface area (Å²) in [5, 5.41) is 3.26. The Balaban J connectivity index is 1.73. The highest BCUT2D eigenvalue weighted by atomic mass is 15.1. The molecule has 15 heavy (non-hydrogen) atoms. The van der Waals surface area contributed by atoms with Crippen LogP contribution in [0.15, 0.2) is 16.6 Å². The average molecular weight is 207 g/mol. The number of hydrogen-bond acceptors (Lipinski definition) is 1. The van der Waals surface area contributed by atoms with Crippen LogP contribution in [-0.4, -0.2) is 18.5 Å². The Morgan fingerprint density at radius 3 is 2.87 bits per heavy atom. The highest BCUT2D eigenvalue weighted by Gasteiger charge is 2.17. The number of aliphatic imine (C=N–C) groups is 1. The molecule has 0 radical (unpaired) electrons. The molecule has 0 aliphatic heterocycles. The lowest BCUT2D eigenvalue weighted by Gasteiger charge is -2.26. The number of nitrogens with two attached hydrogens (primary N) is 1. The van der Waals surface area contributed by atoms with Crippen molar-refractivity contribution >= 4 is 5.96 Å². The van der Waals surface area contributed by atoms with Crippen LogP contribution < -0.4 is 11.1 Å². The first-order chi connectivity index (χ1) is 7.34. The summed E-state index contributed by atoms with van der Waals surface area (Å²) in [7, 11) is 0. The lowest BCUT2D eigenvalue weighted by atomic mass is 9.93. The standard InChI is InChI=1S/C12H21N3/c13-12(15-11-7-4-8-11)14-9-10-5-2-1-3-6-10/h5,11H,1-4,6-9H2,(H3,13,14,15). The minimum absolute atomic E-state index is 0.592. The first-order valence-electron chi connectivity index (χ1n) is 6.09. The Kier molecular flexibility index (Phi) is 3.64. The number of allylic oxidation sites excluding steroid dienone is 1. The Labute approximate surface area is 91.8 Å². The zero-order valence-corrected chi connectivity index (χ0v) is 9.34. The molecule has 0 amide bonds. The third-order valence-electron chi connectivity index (χ3n) is 3.29. The molecule has 3 heteroatoms. The Morgan fingerprint density at radius 2 is 2.27 bits per heavy atom. The van der Waals surface area contributed by atoms with E-state index >= 15 is 0 Å². The Morgan fingerprint density at radius 1 is 1.40 bits per heavy atom. The van der Waals surface area contributed by atoms with Crippen LogP contribution in [0.25, 0.3) is 0 Å². The molecule has 1 saturated carbocycles. The van der Waals surface area contributed by atoms with Crippen molar-refractivity contribution in [2.24, 2.45) is 10.7 Å². The second-order valence-electron chi connectivity index (χ2n) is 4.58. The molecule has 0 heterocycles. The van der Waals surface area contributed by atoms with Crippen LogP contribution in [0, 0.1) is 0 Å². The van der Waals surface area contributed by atoms with Crippen molar-refractivity contribution in [3.05, 3.63) is 11.6 Å². The van der Waals surface area contributed by atoms with Gasteiger partial charge in [0.15, 0.2) is 5.96 Å². The first-order valence-corrected chi connectivity index (χ1v) is 6.09. The molecule has 0 bridgehead atoms. The predicted molar refractivity (Wildman–Crippen MR) is 63.8 cm³/mol. The van der Waals surface area contributed by atoms with E-state index in [1.807, 2.05) is 0 Å². The predicted octanol–water partition coefficient (Wildman–Crippen LogP) is 1.94. The molecule has 84 valence electrons. The van der Waals surface area contributed by atoms with Gasteiger partial charge in [0.25, 0.3) is 0 Å². The number of nitrogens with one attached hydrogen (secondary N) is 1. The zero-order chi connectivity index (χ0) is 10.5. The molecule has 2 aliphatic carbocycles. The van der Waals surface area contributed by atoms with Crippen LogP contribution in [0.4, 0.5) is 0 Å². The van der Waals surface area contributed by atoms with Gasteiger partial charge in [0.2, 0.25) is 0 Å². The molecule has 0 unspecified atom stereocenters. The van der Waals surface area contributed by atoms with E-state index in [4.69, 9.17) is 5.73 Å². The van der Waals surface area contributed by atoms with Gasteiger partial charge in [0.05, 0.1) is 6.54 Å². The van der Waals surface area contributed by atoms with E-state index in [0.29, 0.717) is 12.0 Å². The summed E-state index contributed by atoms with van der Waals surface area (Å²) in [4.78, 5) is 4.38. The summed E-state index contributed by atoms with van der Waals surface area (Å²) in [6, 6.07) is 0.592. The first kappa shape index (κ1) is 10.5. The van der Waals surface area contributed by atoms with E-state index < -0.39 is 0 Å². The second kappa shape index (κ2) is 5.19. The van der Waals surface area contributed by atoms with E-state index in [-0.39, 0.29) is 0 Å². The average Bonchev–Trinajstić information content (AvgIpc) is 2.22. The Hall–Kier alpha value is -0.990. The molecule has 2 aliphatic rings. The van der Waals surface area contributed by atoms with Crippen LogP contribution in [-0.2, 0) is 0 Å². The van der Waals surface area contributed by atoms with Gasteiger partial charge in [-0.2, -0.15) is 0 Å². The van der Waals surface area contributed by atoms with Gasteiger partial charge in [-0.1, -0.05) is 11.6 Å². The maximum absolute atomic E-state index is 5.81. The van der Waals surface area contributed by atoms with Crippen LogP contribution in [0.5, 0.6) is 0 Å². The Bertz CT molecular complexity index is 264. The van der Waals surface area contributed by atoms with Crippen molar-refractivity contribution in [2.45, 2.75) is 51.0 Å². The van der Waals surface area contributed by atoms with Gasteiger partial charge < -0.3 is 11.1 Å². The summed E-state index contributed by atoms with van der Waals surface area (Å²) < 4.78 is 0. The third kappa shape index (κ3) is 3.26. The maximum Gasteiger partial charge on any atom is 0.189 e. The fraction of sp³-hybridized carbons (Fsp3) is 0.750. The van der Waals surface area contributed by atoms with Crippen molar-refractivity contribution in [1.29, 1.82) is 0 Å². The van der Waals surface area contributed by atoms with Crippen LogP contribution >= 0.6 is 0 Å². The van der Waals surface area contributed by atoms with Gasteiger partial charge in [-0.05, 0) is 44.9 Å². The van der Waals surface area contributed by atoms with Crippen molar-refractivity contribution in [2.75, 3.05) is 6.54 Å². The van der Waals surface area contributed by atoms with Gasteiger partial charge in [0, 0.05) is 6.04 Å². The zero-order valence-electron chi connectivity index (χ0n) is 9.34. The van der Waals surface area contributed by atoms with E-state index in [0.717, 1.165) is 6.54 Å². The van der Waals surface area contributed by atoms with Crippen LogP contribution in [0.1, 0.15) is 44.9 Å². The molecular formula is C12H21N3. The van der Waals surface area contributed by atoms with Gasteiger partial charge in [0.1, 0.15) is 0 Å². The van der Waals surface area contributed by atoms with Gasteiger partial charge in [-0.15, -0.1) is 0 Å². The molecule has 0 atom stereocenters. The number of guanidine groups is 1. The monoisotopic (exact) mass is 207 g/mol. The summed E-state index contributed by atoms with van der Waals surface area (Å²) in [5.41, 5.74) is 7.27. The summed E-state index contributed by atoms with van der Waals surface area (Å²) in [6.45, 7) is 0.797. The maximum atomic E-state index is 5.81. The van der Waals surface area contributed by atoms with Crippen molar-refractivity contribution in [3.8, 4) is 0 Å². The van der Waals surface area contributed by atoms with Crippen molar-refractivity contribution < 1.29 is 0 Å². The molecule has 0 aromatic heterocycles. The van der Waals surface area contributed by atoms with Gasteiger partial charge in [-0.25, -0.2) is 4.99 Å². The molecule has 0 saturated heterocycles. The highest BCUT2D eigenvalue weighted by molar-refractivity contribution is 5.78. The molecule has 0 aromatic carbocycles. The summed E-state index contributed by atoms with van der Waals surface area (Å²) >= 11 is 0. The minimum atomic E-state index is 0.592. The molecular weight excluding hydrogens is 186 g/mol. The van der Waals surface area contributed by atoms with E-state index in [9.17, 15) is 0 Å². The van der Waals surface area contributed by atoms with Crippen LogP contribution in [0.3, 0.4) is 0 Å². The van der Waals surface area contributed by atoms with Gasteiger partial charge >= 0.3 is 0 Å². The lowest BCUT2D eigenvalue weighted by Crippen LogP contribution is -2.43. The third-order valence-corrected chi connectivity index (χ3v) is 3.29. The van der Waals surface area contributed by atoms with Crippen molar-refractivity contribution in [3.63, 3.8) is 0 Å². The molecule has 0 aromatic rings. The molecule has 3 N–H and O–H groups in total. The molecule has 1 fully saturated rings. The fourth-order valence-corrected chi connectivity index (χ4v) is 2.04. The number of rotatable bonds is 3. The van der Waals surface area contributed by atoms with E-state index in [1.54, 1.807) is 0 Å². The highest BCUT2D eigenvalue weighted by Crippen LogP contribution is 2.18. The van der Waals surface area contributed by atoms with Crippen molar-refractivity contribution in [1.82, 2.24) is 5.32 Å². The molecule has 2 rings (SSSR count). The van der Waals surface area contributed by atoms with E-state index in [2.05, 4.69) is 16.4 Å². The smallest absolute Gasteiger partial charge is 0.189 e. The number of nitrogens with zero attached hydrogens (tertiary/aromatic N) is 1. The quantitative estimate of drug-likeness (QED) is 0.422. The normalized spacial score (nSPS) is 23.2. The fourth-order valence-electron chi connectivity index (χ4n) is 2.04. The minimum Gasteiger partial charge on any atom is -0.370 e. The number of hydrogen-bond donors (Lipinski definition) is 2. The lowest BCUT2D eigenvalue weighted by molar-refractivity contribution is 0.382. The largest absolute Gasteiger partial charge is 0.370 e. The molecule has 3 nitrogen and oxygen atoms in total. The molecule has 0 spiro atoms. The SMILES string of the molecule is NC(=NCC1=CCCCC1)NC1CCC1. The van der Waals surface area contributed by atoms with Crippen LogP contribution in [0.2, 0.25) is 0 Å². The topological polar surface area (TPSA) is 50.4 Å².